The molecule has 1 spiro atoms. The monoisotopic (exact) mass is 809 g/mol. The number of rotatable bonds is 13. The molecule has 3 aliphatic rings. The lowest BCUT2D eigenvalue weighted by atomic mass is 9.82. The predicted octanol–water partition coefficient (Wildman–Crippen LogP) is 6.15. The first kappa shape index (κ1) is 40.2. The molecule has 3 heterocycles. The van der Waals surface area contributed by atoms with Gasteiger partial charge in [0.15, 0.2) is 11.8 Å². The maximum Gasteiger partial charge on any atom is 0.304 e. The van der Waals surface area contributed by atoms with Crippen LogP contribution in [-0.2, 0) is 47.3 Å². The average molecular weight is 810 g/mol. The van der Waals surface area contributed by atoms with Gasteiger partial charge < -0.3 is 29.1 Å². The van der Waals surface area contributed by atoms with E-state index in [0.717, 1.165) is 22.1 Å². The Morgan fingerprint density at radius 3 is 2.37 bits per heavy atom. The van der Waals surface area contributed by atoms with Crippen LogP contribution in [0.15, 0.2) is 97.1 Å². The van der Waals surface area contributed by atoms with Crippen LogP contribution in [0.25, 0.3) is 0 Å². The zero-order chi connectivity index (χ0) is 40.6. The fraction of sp³-hybridized carbons (Fsp3) is 0.364. The number of ether oxygens (including phenoxy) is 3. The number of aliphatic hydroxyl groups is 1. The van der Waals surface area contributed by atoms with Gasteiger partial charge in [-0.2, -0.15) is 0 Å². The van der Waals surface area contributed by atoms with E-state index in [-0.39, 0.29) is 61.7 Å². The molecule has 13 heteroatoms. The van der Waals surface area contributed by atoms with Crippen molar-refractivity contribution in [2.24, 2.45) is 5.92 Å². The molecule has 3 amide bonds. The first-order valence-corrected chi connectivity index (χ1v) is 22.7. The summed E-state index contributed by atoms with van der Waals surface area (Å²) in [5.74, 6) is -0.728. The number of anilines is 2. The highest BCUT2D eigenvalue weighted by Crippen LogP contribution is 2.60. The maximum atomic E-state index is 15.3. The van der Waals surface area contributed by atoms with Gasteiger partial charge in [-0.3, -0.25) is 24.1 Å². The zero-order valence-electron chi connectivity index (χ0n) is 32.8. The first-order chi connectivity index (χ1) is 27.3. The Morgan fingerprint density at radius 2 is 1.70 bits per heavy atom. The molecule has 2 fully saturated rings. The minimum atomic E-state index is -2.58. The van der Waals surface area contributed by atoms with Gasteiger partial charge in [-0.25, -0.2) is 0 Å². The summed E-state index contributed by atoms with van der Waals surface area (Å²) in [6.45, 7) is 8.32. The lowest BCUT2D eigenvalue weighted by Gasteiger charge is -2.39. The van der Waals surface area contributed by atoms with Crippen LogP contribution in [0.3, 0.4) is 0 Å². The molecule has 4 aromatic carbocycles. The Kier molecular flexibility index (Phi) is 11.3. The van der Waals surface area contributed by atoms with Crippen LogP contribution < -0.4 is 19.7 Å². The van der Waals surface area contributed by atoms with Gasteiger partial charge in [0.05, 0.1) is 53.0 Å². The number of halogens is 1. The number of carbonyl (C=O) groups excluding carboxylic acids is 4. The van der Waals surface area contributed by atoms with Gasteiger partial charge in [0.1, 0.15) is 5.75 Å². The Morgan fingerprint density at radius 1 is 0.982 bits per heavy atom. The van der Waals surface area contributed by atoms with E-state index >= 15 is 4.79 Å². The highest BCUT2D eigenvalue weighted by molar-refractivity contribution is 6.91. The number of amides is 3. The number of aliphatic hydroxyl groups excluding tert-OH is 1. The molecule has 2 saturated heterocycles. The number of carbonyl (C=O) groups is 4. The molecular weight excluding hydrogens is 762 g/mol. The van der Waals surface area contributed by atoms with Crippen LogP contribution >= 0.6 is 11.6 Å². The van der Waals surface area contributed by atoms with Gasteiger partial charge in [0, 0.05) is 42.2 Å². The van der Waals surface area contributed by atoms with Gasteiger partial charge in [-0.05, 0) is 59.1 Å². The summed E-state index contributed by atoms with van der Waals surface area (Å²) in [6.07, 6.45) is -1.23. The summed E-state index contributed by atoms with van der Waals surface area (Å²) in [6, 6.07) is 30.4. The molecule has 5 atom stereocenters. The van der Waals surface area contributed by atoms with Crippen LogP contribution in [0.5, 0.6) is 5.75 Å². The van der Waals surface area contributed by atoms with Gasteiger partial charge in [0.25, 0.3) is 5.91 Å². The van der Waals surface area contributed by atoms with E-state index < -0.39 is 32.0 Å². The molecule has 0 radical (unpaired) electrons. The molecule has 1 unspecified atom stereocenters. The Balaban J connectivity index is 1.26. The Labute approximate surface area is 339 Å². The molecule has 0 aromatic heterocycles. The standard InChI is InChI=1S/C44H48ClN3O8Si/c1-28-42(57(4,5)35-17-15-34(54-3)16-18-35)38(24-39(51)46(20-21-49)26-30-10-7-6-8-11-30)56-44(28)36-23-32(45)14-19-37(36)47(43(44)53)27-31-12-9-13-33(22-31)48-40(52)25-41(48)55-29(2)50/h6-19,22-23,28,38,41-42,49H,20-21,24-27H2,1-5H3/t28-,38+,41?,42-,44+/m1/s1. The molecule has 11 nitrogen and oxygen atoms in total. The lowest BCUT2D eigenvalue weighted by Crippen LogP contribution is -2.54. The highest BCUT2D eigenvalue weighted by atomic mass is 35.5. The van der Waals surface area contributed by atoms with Crippen molar-refractivity contribution < 1.29 is 38.5 Å². The van der Waals surface area contributed by atoms with Crippen molar-refractivity contribution in [2.75, 3.05) is 30.1 Å². The number of fused-ring (bicyclic) bond motifs is 2. The molecule has 4 aromatic rings. The third-order valence-corrected chi connectivity index (χ3v) is 16.4. The molecule has 298 valence electrons. The Bertz CT molecular complexity index is 2170. The summed E-state index contributed by atoms with van der Waals surface area (Å²) >= 11 is 6.71. The SMILES string of the molecule is COc1ccc([Si](C)(C)[C@H]2[C@H](CC(=O)N(CCO)Cc3ccccc3)O[C@@]3(C(=O)N(Cc4cccc(N5C(=O)CC5OC(C)=O)c4)c4ccc(Cl)cc43)[C@@H]2C)cc1. The van der Waals surface area contributed by atoms with E-state index in [1.165, 1.54) is 11.8 Å². The van der Waals surface area contributed by atoms with Crippen LogP contribution in [0.2, 0.25) is 23.7 Å². The van der Waals surface area contributed by atoms with Crippen LogP contribution in [-0.4, -0.2) is 74.4 Å². The number of hydrogen-bond donors (Lipinski definition) is 1. The van der Waals surface area contributed by atoms with E-state index in [9.17, 15) is 19.5 Å². The molecule has 3 aliphatic heterocycles. The Hall–Kier alpha value is -5.01. The number of nitrogens with zero attached hydrogens (tertiary/aromatic N) is 3. The largest absolute Gasteiger partial charge is 0.497 e. The summed E-state index contributed by atoms with van der Waals surface area (Å²) in [5.41, 5.74) is 1.88. The van der Waals surface area contributed by atoms with Gasteiger partial charge in [0.2, 0.25) is 11.8 Å². The molecule has 7 rings (SSSR count). The summed E-state index contributed by atoms with van der Waals surface area (Å²) in [4.78, 5) is 58.9. The van der Waals surface area contributed by atoms with Crippen molar-refractivity contribution in [3.8, 4) is 5.75 Å². The number of benzene rings is 4. The molecule has 1 N–H and O–H groups in total. The molecule has 0 bridgehead atoms. The number of esters is 1. The van der Waals surface area contributed by atoms with Crippen LogP contribution in [0, 0.1) is 5.92 Å². The lowest BCUT2D eigenvalue weighted by molar-refractivity contribution is -0.154. The highest BCUT2D eigenvalue weighted by Gasteiger charge is 2.66. The fourth-order valence-corrected chi connectivity index (χ4v) is 13.3. The average Bonchev–Trinajstić information content (AvgIpc) is 3.60. The van der Waals surface area contributed by atoms with E-state index in [2.05, 4.69) is 32.2 Å². The van der Waals surface area contributed by atoms with E-state index in [0.29, 0.717) is 28.5 Å². The van der Waals surface area contributed by atoms with Crippen molar-refractivity contribution in [3.05, 3.63) is 119 Å². The smallest absolute Gasteiger partial charge is 0.304 e. The minimum absolute atomic E-state index is 0.00869. The van der Waals surface area contributed by atoms with E-state index in [4.69, 9.17) is 25.8 Å². The van der Waals surface area contributed by atoms with Crippen molar-refractivity contribution in [1.82, 2.24) is 4.90 Å². The second-order valence-corrected chi connectivity index (χ2v) is 20.8. The molecule has 57 heavy (non-hydrogen) atoms. The molecule has 0 aliphatic carbocycles. The van der Waals surface area contributed by atoms with Gasteiger partial charge in [-0.15, -0.1) is 0 Å². The van der Waals surface area contributed by atoms with E-state index in [1.54, 1.807) is 35.1 Å². The van der Waals surface area contributed by atoms with Crippen molar-refractivity contribution >= 4 is 59.9 Å². The fourth-order valence-electron chi connectivity index (χ4n) is 9.13. The zero-order valence-corrected chi connectivity index (χ0v) is 34.6. The number of hydrogen-bond acceptors (Lipinski definition) is 8. The van der Waals surface area contributed by atoms with Crippen molar-refractivity contribution in [2.45, 2.75) is 76.3 Å². The first-order valence-electron chi connectivity index (χ1n) is 19.2. The topological polar surface area (TPSA) is 126 Å². The van der Waals surface area contributed by atoms with Crippen LogP contribution in [0.1, 0.15) is 43.4 Å². The maximum absolute atomic E-state index is 15.3. The quantitative estimate of drug-likeness (QED) is 0.0970. The normalized spacial score (nSPS) is 22.7. The number of β-lactam (4-membered cyclic amide) rings is 1. The second kappa shape index (κ2) is 16.1. The third-order valence-electron chi connectivity index (χ3n) is 11.8. The predicted molar refractivity (Wildman–Crippen MR) is 220 cm³/mol. The van der Waals surface area contributed by atoms with Gasteiger partial charge >= 0.3 is 5.97 Å². The summed E-state index contributed by atoms with van der Waals surface area (Å²) < 4.78 is 18.0. The van der Waals surface area contributed by atoms with Gasteiger partial charge in [-0.1, -0.05) is 91.4 Å². The minimum Gasteiger partial charge on any atom is -0.497 e. The third kappa shape index (κ3) is 7.47. The summed E-state index contributed by atoms with van der Waals surface area (Å²) in [7, 11) is -0.948. The molecular formula is C44H48ClN3O8Si. The van der Waals surface area contributed by atoms with E-state index in [1.807, 2.05) is 66.7 Å². The molecule has 0 saturated carbocycles. The van der Waals surface area contributed by atoms with Crippen molar-refractivity contribution in [3.63, 3.8) is 0 Å². The second-order valence-electron chi connectivity index (χ2n) is 15.6. The number of methoxy groups -OCH3 is 1. The van der Waals surface area contributed by atoms with Crippen molar-refractivity contribution in [1.29, 1.82) is 0 Å². The van der Waals surface area contributed by atoms with Crippen LogP contribution in [0.4, 0.5) is 11.4 Å². The summed E-state index contributed by atoms with van der Waals surface area (Å²) in [5, 5.41) is 11.6.